The summed E-state index contributed by atoms with van der Waals surface area (Å²) in [5.41, 5.74) is 0.598. The van der Waals surface area contributed by atoms with Crippen LogP contribution in [-0.4, -0.2) is 37.7 Å². The maximum absolute atomic E-state index is 12.5. The molecule has 0 atom stereocenters. The van der Waals surface area contributed by atoms with Gasteiger partial charge in [-0.2, -0.15) is 0 Å². The van der Waals surface area contributed by atoms with Crippen LogP contribution in [0, 0.1) is 0 Å². The Bertz CT molecular complexity index is 1090. The minimum absolute atomic E-state index is 0.00979. The van der Waals surface area contributed by atoms with Crippen LogP contribution in [0.1, 0.15) is 292 Å². The number of hydrogen-bond acceptors (Lipinski definition) is 6. The molecule has 1 aromatic rings. The predicted molar refractivity (Wildman–Crippen MR) is 265 cm³/mol. The molecule has 0 saturated carbocycles. The van der Waals surface area contributed by atoms with E-state index in [0.717, 1.165) is 44.9 Å². The van der Waals surface area contributed by atoms with Gasteiger partial charge in [-0.15, -0.1) is 0 Å². The fourth-order valence-corrected chi connectivity index (χ4v) is 7.63. The summed E-state index contributed by atoms with van der Waals surface area (Å²) in [5.74, 6) is -0.865. The van der Waals surface area contributed by atoms with E-state index in [1.807, 2.05) is 0 Å². The van der Waals surface area contributed by atoms with Gasteiger partial charge >= 0.3 is 17.9 Å². The van der Waals surface area contributed by atoms with Gasteiger partial charge in [0.05, 0.1) is 30.9 Å². The van der Waals surface area contributed by atoms with Crippen molar-refractivity contribution in [3.05, 3.63) is 47.5 Å². The lowest BCUT2D eigenvalue weighted by Crippen LogP contribution is -2.15. The highest BCUT2D eigenvalue weighted by atomic mass is 16.5. The first kappa shape index (κ1) is 59.4. The first-order valence-electron chi connectivity index (χ1n) is 26.7. The predicted octanol–water partition coefficient (Wildman–Crippen LogP) is 18.0. The molecule has 0 spiro atoms. The summed E-state index contributed by atoms with van der Waals surface area (Å²) < 4.78 is 16.2. The first-order valence-corrected chi connectivity index (χ1v) is 26.7. The molecule has 0 aliphatic heterocycles. The van der Waals surface area contributed by atoms with Gasteiger partial charge in [0, 0.05) is 6.42 Å². The Morgan fingerprint density at radius 2 is 0.629 bits per heavy atom. The largest absolute Gasteiger partial charge is 0.466 e. The van der Waals surface area contributed by atoms with Crippen LogP contribution in [0.4, 0.5) is 0 Å². The minimum Gasteiger partial charge on any atom is -0.466 e. The Hall–Kier alpha value is -2.63. The summed E-state index contributed by atoms with van der Waals surface area (Å²) in [6, 6.07) is 6.79. The van der Waals surface area contributed by atoms with Gasteiger partial charge in [0.1, 0.15) is 0 Å². The summed E-state index contributed by atoms with van der Waals surface area (Å²) in [6.45, 7) is 10.4. The molecule has 0 radical (unpaired) electrons. The lowest BCUT2D eigenvalue weighted by molar-refractivity contribution is -0.143. The third kappa shape index (κ3) is 41.4. The normalized spacial score (nSPS) is 11.1. The topological polar surface area (TPSA) is 78.9 Å². The highest BCUT2D eigenvalue weighted by Crippen LogP contribution is 2.16. The van der Waals surface area contributed by atoms with Gasteiger partial charge in [0.25, 0.3) is 0 Å². The van der Waals surface area contributed by atoms with E-state index in [-0.39, 0.29) is 5.97 Å². The van der Waals surface area contributed by atoms with Crippen LogP contribution in [0.2, 0.25) is 0 Å². The number of unbranched alkanes of at least 4 members (excludes halogenated alkanes) is 32. The van der Waals surface area contributed by atoms with Gasteiger partial charge in [0.15, 0.2) is 0 Å². The van der Waals surface area contributed by atoms with E-state index in [2.05, 4.69) is 39.8 Å². The van der Waals surface area contributed by atoms with Crippen LogP contribution in [0.5, 0.6) is 0 Å². The number of allylic oxidation sites excluding steroid dienone is 2. The molecule has 0 aliphatic rings. The van der Waals surface area contributed by atoms with Gasteiger partial charge in [-0.05, 0) is 63.5 Å². The highest BCUT2D eigenvalue weighted by Gasteiger charge is 2.19. The molecular formula is C56H100O6. The average Bonchev–Trinajstić information content (AvgIpc) is 3.28. The minimum atomic E-state index is -0.437. The maximum atomic E-state index is 12.5. The Kier molecular flexibility index (Phi) is 47.3. The molecule has 360 valence electrons. The third-order valence-corrected chi connectivity index (χ3v) is 11.7. The molecule has 6 nitrogen and oxygen atoms in total. The molecule has 0 fully saturated rings. The summed E-state index contributed by atoms with van der Waals surface area (Å²) >= 11 is 0. The van der Waals surface area contributed by atoms with Crippen LogP contribution >= 0.6 is 0 Å². The van der Waals surface area contributed by atoms with Gasteiger partial charge in [0.2, 0.25) is 0 Å². The zero-order valence-electron chi connectivity index (χ0n) is 41.4. The lowest BCUT2D eigenvalue weighted by atomic mass is 10.1. The van der Waals surface area contributed by atoms with Crippen molar-refractivity contribution in [2.24, 2.45) is 0 Å². The van der Waals surface area contributed by atoms with Crippen molar-refractivity contribution >= 4 is 17.9 Å². The molecule has 0 aliphatic carbocycles. The molecule has 62 heavy (non-hydrogen) atoms. The number of carbonyl (C=O) groups is 3. The van der Waals surface area contributed by atoms with Crippen molar-refractivity contribution in [3.63, 3.8) is 0 Å². The quantitative estimate of drug-likeness (QED) is 0.0281. The fraction of sp³-hybridized carbons (Fsp3) is 0.804. The van der Waals surface area contributed by atoms with E-state index in [9.17, 15) is 14.4 Å². The second-order valence-corrected chi connectivity index (χ2v) is 17.8. The van der Waals surface area contributed by atoms with Crippen LogP contribution in [0.3, 0.4) is 0 Å². The summed E-state index contributed by atoms with van der Waals surface area (Å²) in [6.07, 6.45) is 51.5. The summed E-state index contributed by atoms with van der Waals surface area (Å²) in [7, 11) is 0. The number of carbonyl (C=O) groups excluding carboxylic acids is 3. The molecule has 0 bridgehead atoms. The Balaban J connectivity index is 0.00000120. The molecule has 6 heteroatoms. The van der Waals surface area contributed by atoms with E-state index >= 15 is 0 Å². The van der Waals surface area contributed by atoms with Crippen molar-refractivity contribution in [1.29, 1.82) is 0 Å². The molecule has 0 amide bonds. The van der Waals surface area contributed by atoms with E-state index in [4.69, 9.17) is 14.2 Å². The number of hydrogen-bond donors (Lipinski definition) is 0. The van der Waals surface area contributed by atoms with E-state index < -0.39 is 11.9 Å². The second kappa shape index (κ2) is 49.4. The van der Waals surface area contributed by atoms with E-state index in [0.29, 0.717) is 37.4 Å². The van der Waals surface area contributed by atoms with Crippen LogP contribution in [0.15, 0.2) is 36.4 Å². The lowest BCUT2D eigenvalue weighted by Gasteiger charge is -2.10. The molecule has 0 N–H and O–H groups in total. The van der Waals surface area contributed by atoms with Crippen molar-refractivity contribution < 1.29 is 28.6 Å². The molecule has 0 heterocycles. The molecule has 0 aromatic heterocycles. The summed E-state index contributed by atoms with van der Waals surface area (Å²) in [4.78, 5) is 36.7. The number of benzene rings is 1. The van der Waals surface area contributed by atoms with E-state index in [1.54, 1.807) is 24.3 Å². The highest BCUT2D eigenvalue weighted by molar-refractivity contribution is 6.03. The molecule has 0 saturated heterocycles. The fourth-order valence-electron chi connectivity index (χ4n) is 7.63. The van der Waals surface area contributed by atoms with Crippen molar-refractivity contribution in [2.75, 3.05) is 19.8 Å². The van der Waals surface area contributed by atoms with Crippen molar-refractivity contribution in [1.82, 2.24) is 0 Å². The van der Waals surface area contributed by atoms with E-state index in [1.165, 1.54) is 193 Å². The standard InChI is InChI=1S/C28H46O4.C28H54O2/c1-3-5-7-9-11-13-15-19-23-31-27(29)25-21-17-18-22-26(25)28(30)32-24-20-16-14-12-10-8-6-4-2;1-3-5-7-9-11-13-14-15-16-17-18-19-20-22-24-26-28(29)30-27-25-23-21-12-10-8-6-4-2/h17-18,21-22H,3-16,19-20,23-24H2,1-2H3;15-16H,3-14,17-27H2,1-2H3. The Labute approximate surface area is 384 Å². The SMILES string of the molecule is CCCCCCCCC=CCCCCCCCC(=O)OCCCCCCCCCC.CCCCCCCCCCOC(=O)c1ccccc1C(=O)OCCCCCCCCCC. The monoisotopic (exact) mass is 869 g/mol. The molecule has 0 unspecified atom stereocenters. The van der Waals surface area contributed by atoms with Gasteiger partial charge in [-0.1, -0.05) is 238 Å². The maximum Gasteiger partial charge on any atom is 0.339 e. The van der Waals surface area contributed by atoms with Gasteiger partial charge < -0.3 is 14.2 Å². The van der Waals surface area contributed by atoms with Crippen molar-refractivity contribution in [2.45, 2.75) is 272 Å². The number of rotatable bonds is 44. The van der Waals surface area contributed by atoms with Crippen LogP contribution in [-0.2, 0) is 19.0 Å². The smallest absolute Gasteiger partial charge is 0.339 e. The Morgan fingerprint density at radius 3 is 0.968 bits per heavy atom. The van der Waals surface area contributed by atoms with Crippen molar-refractivity contribution in [3.8, 4) is 0 Å². The molecule has 1 aromatic carbocycles. The zero-order chi connectivity index (χ0) is 45.2. The van der Waals surface area contributed by atoms with Crippen LogP contribution in [0.25, 0.3) is 0 Å². The third-order valence-electron chi connectivity index (χ3n) is 11.7. The molecule has 1 rings (SSSR count). The second-order valence-electron chi connectivity index (χ2n) is 17.8. The van der Waals surface area contributed by atoms with Gasteiger partial charge in [-0.25, -0.2) is 9.59 Å². The van der Waals surface area contributed by atoms with Crippen LogP contribution < -0.4 is 0 Å². The Morgan fingerprint density at radius 1 is 0.355 bits per heavy atom. The average molecular weight is 869 g/mol. The number of esters is 3. The first-order chi connectivity index (χ1) is 30.5. The zero-order valence-corrected chi connectivity index (χ0v) is 41.4. The van der Waals surface area contributed by atoms with Gasteiger partial charge in [-0.3, -0.25) is 4.79 Å². The summed E-state index contributed by atoms with van der Waals surface area (Å²) in [5, 5.41) is 0. The molecular weight excluding hydrogens is 769 g/mol. The number of ether oxygens (including phenoxy) is 3.